The highest BCUT2D eigenvalue weighted by molar-refractivity contribution is 5.97. The third-order valence-corrected chi connectivity index (χ3v) is 3.56. The van der Waals surface area contributed by atoms with E-state index >= 15 is 0 Å². The van der Waals surface area contributed by atoms with E-state index in [9.17, 15) is 9.59 Å². The van der Waals surface area contributed by atoms with Crippen LogP contribution in [0.4, 0.5) is 0 Å². The second-order valence-corrected chi connectivity index (χ2v) is 5.55. The van der Waals surface area contributed by atoms with Crippen LogP contribution in [0.2, 0.25) is 0 Å². The van der Waals surface area contributed by atoms with Crippen LogP contribution in [0.25, 0.3) is 0 Å². The lowest BCUT2D eigenvalue weighted by Gasteiger charge is -2.35. The number of hydrogen-bond donors (Lipinski definition) is 1. The number of nitrogens with one attached hydrogen (secondary N) is 1. The number of ether oxygens (including phenoxy) is 1. The zero-order chi connectivity index (χ0) is 15.4. The number of hydrogen-bond acceptors (Lipinski definition) is 3. The first-order valence-corrected chi connectivity index (χ1v) is 7.24. The molecule has 1 saturated heterocycles. The number of rotatable bonds is 3. The molecule has 0 radical (unpaired) electrons. The first kappa shape index (κ1) is 15.5. The fraction of sp³-hybridized carbons (Fsp3) is 0.500. The second kappa shape index (κ2) is 6.72. The standard InChI is InChI=1S/C16H22N2O3/c1-11-6-4-5-7-14(11)16(20)17-8-15(19)18-9-12(2)21-13(3)10-18/h4-7,12-13H,8-10H2,1-3H3,(H,17,20). The summed E-state index contributed by atoms with van der Waals surface area (Å²) in [6.45, 7) is 6.94. The number of morpholine rings is 1. The van der Waals surface area contributed by atoms with E-state index in [1.54, 1.807) is 11.0 Å². The summed E-state index contributed by atoms with van der Waals surface area (Å²) in [6, 6.07) is 7.33. The minimum absolute atomic E-state index is 0.0204. The predicted molar refractivity (Wildman–Crippen MR) is 80.1 cm³/mol. The normalized spacial score (nSPS) is 22.0. The van der Waals surface area contributed by atoms with Gasteiger partial charge in [0.1, 0.15) is 0 Å². The molecular weight excluding hydrogens is 268 g/mol. The van der Waals surface area contributed by atoms with Gasteiger partial charge < -0.3 is 15.0 Å². The van der Waals surface area contributed by atoms with Crippen molar-refractivity contribution >= 4 is 11.8 Å². The van der Waals surface area contributed by atoms with Gasteiger partial charge >= 0.3 is 0 Å². The SMILES string of the molecule is Cc1ccccc1C(=O)NCC(=O)N1CC(C)OC(C)C1. The van der Waals surface area contributed by atoms with Crippen molar-refractivity contribution in [3.05, 3.63) is 35.4 Å². The van der Waals surface area contributed by atoms with Gasteiger partial charge in [-0.1, -0.05) is 18.2 Å². The van der Waals surface area contributed by atoms with E-state index in [4.69, 9.17) is 4.74 Å². The summed E-state index contributed by atoms with van der Waals surface area (Å²) in [5.41, 5.74) is 1.50. The summed E-state index contributed by atoms with van der Waals surface area (Å²) in [5.74, 6) is -0.283. The van der Waals surface area contributed by atoms with Gasteiger partial charge in [-0.2, -0.15) is 0 Å². The minimum Gasteiger partial charge on any atom is -0.372 e. The van der Waals surface area contributed by atoms with Crippen LogP contribution in [0.3, 0.4) is 0 Å². The Morgan fingerprint density at radius 2 is 1.86 bits per heavy atom. The molecule has 0 spiro atoms. The molecule has 0 saturated carbocycles. The Morgan fingerprint density at radius 3 is 2.48 bits per heavy atom. The van der Waals surface area contributed by atoms with E-state index in [0.29, 0.717) is 18.7 Å². The topological polar surface area (TPSA) is 58.6 Å². The van der Waals surface area contributed by atoms with Crippen molar-refractivity contribution in [1.82, 2.24) is 10.2 Å². The van der Waals surface area contributed by atoms with E-state index < -0.39 is 0 Å². The van der Waals surface area contributed by atoms with Crippen LogP contribution in [-0.2, 0) is 9.53 Å². The maximum Gasteiger partial charge on any atom is 0.251 e. The molecule has 2 unspecified atom stereocenters. The summed E-state index contributed by atoms with van der Waals surface area (Å²) >= 11 is 0. The molecule has 114 valence electrons. The molecule has 0 aromatic heterocycles. The van der Waals surface area contributed by atoms with Gasteiger partial charge in [0.15, 0.2) is 0 Å². The number of amides is 2. The Kier molecular flexibility index (Phi) is 4.96. The zero-order valence-corrected chi connectivity index (χ0v) is 12.8. The van der Waals surface area contributed by atoms with E-state index in [1.807, 2.05) is 39.0 Å². The van der Waals surface area contributed by atoms with Crippen molar-refractivity contribution in [3.63, 3.8) is 0 Å². The highest BCUT2D eigenvalue weighted by Crippen LogP contribution is 2.11. The van der Waals surface area contributed by atoms with Gasteiger partial charge in [0, 0.05) is 18.7 Å². The molecule has 2 atom stereocenters. The van der Waals surface area contributed by atoms with Gasteiger partial charge in [-0.15, -0.1) is 0 Å². The van der Waals surface area contributed by atoms with Crippen molar-refractivity contribution in [2.24, 2.45) is 0 Å². The fourth-order valence-electron chi connectivity index (χ4n) is 2.57. The highest BCUT2D eigenvalue weighted by Gasteiger charge is 2.25. The number of carbonyl (C=O) groups excluding carboxylic acids is 2. The summed E-state index contributed by atoms with van der Waals surface area (Å²) in [7, 11) is 0. The molecule has 1 fully saturated rings. The van der Waals surface area contributed by atoms with Crippen LogP contribution in [-0.4, -0.2) is 48.6 Å². The van der Waals surface area contributed by atoms with Crippen LogP contribution >= 0.6 is 0 Å². The number of benzene rings is 1. The molecule has 5 heteroatoms. The molecule has 5 nitrogen and oxygen atoms in total. The average Bonchev–Trinajstić information content (AvgIpc) is 2.43. The molecule has 0 aliphatic carbocycles. The summed E-state index contributed by atoms with van der Waals surface area (Å²) < 4.78 is 5.60. The first-order valence-electron chi connectivity index (χ1n) is 7.24. The quantitative estimate of drug-likeness (QED) is 0.914. The molecule has 2 amide bonds. The Hall–Kier alpha value is -1.88. The first-order chi connectivity index (χ1) is 9.97. The smallest absolute Gasteiger partial charge is 0.251 e. The Morgan fingerprint density at radius 1 is 1.24 bits per heavy atom. The van der Waals surface area contributed by atoms with E-state index in [-0.39, 0.29) is 30.6 Å². The van der Waals surface area contributed by atoms with Gasteiger partial charge in [0.25, 0.3) is 5.91 Å². The molecule has 2 rings (SSSR count). The molecule has 1 aromatic carbocycles. The van der Waals surface area contributed by atoms with Crippen molar-refractivity contribution in [1.29, 1.82) is 0 Å². The number of carbonyl (C=O) groups is 2. The fourth-order valence-corrected chi connectivity index (χ4v) is 2.57. The molecular formula is C16H22N2O3. The van der Waals surface area contributed by atoms with Crippen LogP contribution in [0.1, 0.15) is 29.8 Å². The van der Waals surface area contributed by atoms with Crippen molar-refractivity contribution in [3.8, 4) is 0 Å². The van der Waals surface area contributed by atoms with Crippen LogP contribution in [0, 0.1) is 6.92 Å². The van der Waals surface area contributed by atoms with Gasteiger partial charge in [-0.25, -0.2) is 0 Å². The second-order valence-electron chi connectivity index (χ2n) is 5.55. The lowest BCUT2D eigenvalue weighted by molar-refractivity contribution is -0.142. The summed E-state index contributed by atoms with van der Waals surface area (Å²) in [6.07, 6.45) is 0.0644. The van der Waals surface area contributed by atoms with Gasteiger partial charge in [-0.3, -0.25) is 9.59 Å². The average molecular weight is 290 g/mol. The van der Waals surface area contributed by atoms with Crippen molar-refractivity contribution in [2.45, 2.75) is 33.0 Å². The zero-order valence-electron chi connectivity index (χ0n) is 12.8. The lowest BCUT2D eigenvalue weighted by Crippen LogP contribution is -2.51. The van der Waals surface area contributed by atoms with Crippen LogP contribution < -0.4 is 5.32 Å². The van der Waals surface area contributed by atoms with Crippen LogP contribution in [0.15, 0.2) is 24.3 Å². The summed E-state index contributed by atoms with van der Waals surface area (Å²) in [4.78, 5) is 26.0. The molecule has 21 heavy (non-hydrogen) atoms. The molecule has 1 aliphatic rings. The number of nitrogens with zero attached hydrogens (tertiary/aromatic N) is 1. The third kappa shape index (κ3) is 4.04. The largest absolute Gasteiger partial charge is 0.372 e. The molecule has 0 bridgehead atoms. The van der Waals surface area contributed by atoms with E-state index in [0.717, 1.165) is 5.56 Å². The third-order valence-electron chi connectivity index (χ3n) is 3.56. The maximum absolute atomic E-state index is 12.2. The highest BCUT2D eigenvalue weighted by atomic mass is 16.5. The molecule has 1 N–H and O–H groups in total. The Labute approximate surface area is 125 Å². The Balaban J connectivity index is 1.89. The molecule has 1 heterocycles. The van der Waals surface area contributed by atoms with Gasteiger partial charge in [-0.05, 0) is 32.4 Å². The lowest BCUT2D eigenvalue weighted by atomic mass is 10.1. The van der Waals surface area contributed by atoms with E-state index in [2.05, 4.69) is 5.32 Å². The summed E-state index contributed by atoms with van der Waals surface area (Å²) in [5, 5.41) is 2.70. The predicted octanol–water partition coefficient (Wildman–Crippen LogP) is 1.36. The van der Waals surface area contributed by atoms with Gasteiger partial charge in [0.2, 0.25) is 5.91 Å². The molecule has 1 aromatic rings. The van der Waals surface area contributed by atoms with Crippen molar-refractivity contribution < 1.29 is 14.3 Å². The Bertz CT molecular complexity index is 520. The van der Waals surface area contributed by atoms with Crippen molar-refractivity contribution in [2.75, 3.05) is 19.6 Å². The van der Waals surface area contributed by atoms with Crippen LogP contribution in [0.5, 0.6) is 0 Å². The van der Waals surface area contributed by atoms with E-state index in [1.165, 1.54) is 0 Å². The van der Waals surface area contributed by atoms with Gasteiger partial charge in [0.05, 0.1) is 18.8 Å². The monoisotopic (exact) mass is 290 g/mol. The maximum atomic E-state index is 12.2. The molecule has 1 aliphatic heterocycles. The number of aryl methyl sites for hydroxylation is 1. The minimum atomic E-state index is -0.212.